The molecule has 4 rings (SSSR count). The molecule has 2 aromatic carbocycles. The summed E-state index contributed by atoms with van der Waals surface area (Å²) < 4.78 is 17.2. The summed E-state index contributed by atoms with van der Waals surface area (Å²) in [6.07, 6.45) is 2.21. The number of hydrogen-bond acceptors (Lipinski definition) is 6. The van der Waals surface area contributed by atoms with Crippen LogP contribution < -0.4 is 10.1 Å². The molecule has 1 fully saturated rings. The molecule has 0 aliphatic carbocycles. The van der Waals surface area contributed by atoms with Crippen LogP contribution in [0.5, 0.6) is 5.75 Å². The Kier molecular flexibility index (Phi) is 5.99. The number of anilines is 1. The molecular formula is C22H20ClN3O3. The van der Waals surface area contributed by atoms with E-state index < -0.39 is 0 Å². The molecule has 0 saturated carbocycles. The van der Waals surface area contributed by atoms with Crippen LogP contribution in [0.4, 0.5) is 5.88 Å². The quantitative estimate of drug-likeness (QED) is 0.589. The van der Waals surface area contributed by atoms with E-state index in [4.69, 9.17) is 25.5 Å². The van der Waals surface area contributed by atoms with Gasteiger partial charge in [0, 0.05) is 29.3 Å². The van der Waals surface area contributed by atoms with Crippen LogP contribution >= 0.6 is 11.6 Å². The highest BCUT2D eigenvalue weighted by Gasteiger charge is 2.19. The van der Waals surface area contributed by atoms with Gasteiger partial charge >= 0.3 is 0 Å². The maximum atomic E-state index is 9.34. The zero-order chi connectivity index (χ0) is 20.1. The van der Waals surface area contributed by atoms with Crippen molar-refractivity contribution in [2.75, 3.05) is 18.5 Å². The molecule has 2 heterocycles. The number of nitriles is 1. The Morgan fingerprint density at radius 1 is 1.21 bits per heavy atom. The summed E-state index contributed by atoms with van der Waals surface area (Å²) in [6, 6.07) is 17.0. The number of nitrogens with zero attached hydrogens (tertiary/aromatic N) is 2. The van der Waals surface area contributed by atoms with Crippen molar-refractivity contribution in [3.63, 3.8) is 0 Å². The van der Waals surface area contributed by atoms with Gasteiger partial charge in [-0.25, -0.2) is 0 Å². The molecule has 1 N–H and O–H groups in total. The topological polar surface area (TPSA) is 80.3 Å². The maximum absolute atomic E-state index is 9.34. The lowest BCUT2D eigenvalue weighted by Crippen LogP contribution is -2.18. The molecule has 0 bridgehead atoms. The van der Waals surface area contributed by atoms with Gasteiger partial charge in [0.1, 0.15) is 18.4 Å². The lowest BCUT2D eigenvalue weighted by atomic mass is 10.2. The smallest absolute Gasteiger partial charge is 0.232 e. The predicted molar refractivity (Wildman–Crippen MR) is 110 cm³/mol. The molecule has 1 aliphatic rings. The molecule has 1 atom stereocenters. The van der Waals surface area contributed by atoms with Gasteiger partial charge in [-0.1, -0.05) is 29.8 Å². The molecule has 1 saturated heterocycles. The fraction of sp³-hybridized carbons (Fsp3) is 0.273. The Morgan fingerprint density at radius 3 is 2.76 bits per heavy atom. The average Bonchev–Trinajstić information content (AvgIpc) is 3.41. The van der Waals surface area contributed by atoms with E-state index in [0.29, 0.717) is 35.7 Å². The van der Waals surface area contributed by atoms with Crippen molar-refractivity contribution >= 4 is 17.5 Å². The third-order valence-electron chi connectivity index (χ3n) is 4.70. The van der Waals surface area contributed by atoms with Gasteiger partial charge in [0.05, 0.1) is 6.10 Å². The first-order chi connectivity index (χ1) is 14.2. The predicted octanol–water partition coefficient (Wildman–Crippen LogP) is 5.04. The molecule has 0 radical (unpaired) electrons. The fourth-order valence-electron chi connectivity index (χ4n) is 3.12. The van der Waals surface area contributed by atoms with Crippen molar-refractivity contribution in [1.29, 1.82) is 5.26 Å². The van der Waals surface area contributed by atoms with Crippen LogP contribution in [0.2, 0.25) is 5.02 Å². The molecule has 1 aromatic heterocycles. The van der Waals surface area contributed by atoms with E-state index in [1.807, 2.05) is 48.5 Å². The van der Waals surface area contributed by atoms with Crippen LogP contribution in [0.15, 0.2) is 52.9 Å². The van der Waals surface area contributed by atoms with Crippen molar-refractivity contribution in [3.05, 3.63) is 64.8 Å². The molecular weight excluding hydrogens is 390 g/mol. The summed E-state index contributed by atoms with van der Waals surface area (Å²) in [5, 5.41) is 13.2. The van der Waals surface area contributed by atoms with Crippen molar-refractivity contribution < 1.29 is 13.9 Å². The van der Waals surface area contributed by atoms with Gasteiger partial charge in [-0.15, -0.1) is 0 Å². The minimum absolute atomic E-state index is 0.143. The van der Waals surface area contributed by atoms with Gasteiger partial charge in [-0.3, -0.25) is 0 Å². The summed E-state index contributed by atoms with van der Waals surface area (Å²) >= 11 is 6.15. The van der Waals surface area contributed by atoms with Crippen LogP contribution in [0.3, 0.4) is 0 Å². The molecule has 29 heavy (non-hydrogen) atoms. The normalized spacial score (nSPS) is 15.8. The van der Waals surface area contributed by atoms with Gasteiger partial charge in [0.2, 0.25) is 17.5 Å². The Bertz CT molecular complexity index is 1000. The Labute approximate surface area is 174 Å². The van der Waals surface area contributed by atoms with E-state index >= 15 is 0 Å². The summed E-state index contributed by atoms with van der Waals surface area (Å²) in [4.78, 5) is 4.29. The second-order valence-corrected chi connectivity index (χ2v) is 7.14. The second-order valence-electron chi connectivity index (χ2n) is 6.73. The molecule has 0 unspecified atom stereocenters. The third-order valence-corrected chi connectivity index (χ3v) is 5.07. The van der Waals surface area contributed by atoms with Crippen molar-refractivity contribution in [3.8, 4) is 23.3 Å². The van der Waals surface area contributed by atoms with Gasteiger partial charge in [0.25, 0.3) is 0 Å². The highest BCUT2D eigenvalue weighted by Crippen LogP contribution is 2.28. The summed E-state index contributed by atoms with van der Waals surface area (Å²) in [5.74, 6) is 1.46. The largest absolute Gasteiger partial charge is 0.489 e. The third kappa shape index (κ3) is 4.70. The Balaban J connectivity index is 1.41. The van der Waals surface area contributed by atoms with Crippen LogP contribution in [0.1, 0.15) is 24.1 Å². The molecule has 3 aromatic rings. The maximum Gasteiger partial charge on any atom is 0.232 e. The highest BCUT2D eigenvalue weighted by atomic mass is 35.5. The zero-order valence-electron chi connectivity index (χ0n) is 15.7. The number of nitrogens with one attached hydrogen (secondary N) is 1. The van der Waals surface area contributed by atoms with E-state index in [0.717, 1.165) is 30.6 Å². The van der Waals surface area contributed by atoms with E-state index in [2.05, 4.69) is 16.4 Å². The standard InChI is InChI=1S/C22H20ClN3O3/c23-19-6-2-1-4-16(19)14-28-17-9-7-15(8-10-17)21-26-20(12-24)22(29-21)25-13-18-5-3-11-27-18/h1-2,4,6-10,18,25H,3,5,11,13-14H2/t18-/m1/s1. The summed E-state index contributed by atoms with van der Waals surface area (Å²) in [5.41, 5.74) is 1.92. The zero-order valence-corrected chi connectivity index (χ0v) is 16.5. The average molecular weight is 410 g/mol. The molecule has 6 nitrogen and oxygen atoms in total. The molecule has 1 aliphatic heterocycles. The first-order valence-electron chi connectivity index (χ1n) is 9.46. The van der Waals surface area contributed by atoms with Crippen LogP contribution in [0, 0.1) is 11.3 Å². The van der Waals surface area contributed by atoms with E-state index in [1.165, 1.54) is 0 Å². The van der Waals surface area contributed by atoms with Crippen LogP contribution in [-0.4, -0.2) is 24.2 Å². The highest BCUT2D eigenvalue weighted by molar-refractivity contribution is 6.31. The van der Waals surface area contributed by atoms with Gasteiger partial charge in [-0.2, -0.15) is 10.2 Å². The van der Waals surface area contributed by atoms with Crippen LogP contribution in [0.25, 0.3) is 11.5 Å². The number of ether oxygens (including phenoxy) is 2. The fourth-order valence-corrected chi connectivity index (χ4v) is 3.31. The Morgan fingerprint density at radius 2 is 2.03 bits per heavy atom. The Hall–Kier alpha value is -3.01. The van der Waals surface area contributed by atoms with E-state index in [9.17, 15) is 5.26 Å². The van der Waals surface area contributed by atoms with Gasteiger partial charge < -0.3 is 19.2 Å². The number of halogens is 1. The van der Waals surface area contributed by atoms with Crippen molar-refractivity contribution in [2.24, 2.45) is 0 Å². The minimum Gasteiger partial charge on any atom is -0.489 e. The summed E-state index contributed by atoms with van der Waals surface area (Å²) in [6.45, 7) is 1.76. The lowest BCUT2D eigenvalue weighted by Gasteiger charge is -2.09. The van der Waals surface area contributed by atoms with Gasteiger partial charge in [0.15, 0.2) is 0 Å². The number of benzene rings is 2. The van der Waals surface area contributed by atoms with Crippen LogP contribution in [-0.2, 0) is 11.3 Å². The molecule has 0 amide bonds. The number of aromatic nitrogens is 1. The van der Waals surface area contributed by atoms with Gasteiger partial charge in [-0.05, 0) is 43.2 Å². The monoisotopic (exact) mass is 409 g/mol. The van der Waals surface area contributed by atoms with Crippen molar-refractivity contribution in [1.82, 2.24) is 4.98 Å². The molecule has 7 heteroatoms. The van der Waals surface area contributed by atoms with Crippen molar-refractivity contribution in [2.45, 2.75) is 25.6 Å². The number of hydrogen-bond donors (Lipinski definition) is 1. The number of oxazole rings is 1. The minimum atomic E-state index is 0.143. The van der Waals surface area contributed by atoms with E-state index in [1.54, 1.807) is 0 Å². The molecule has 148 valence electrons. The first kappa shape index (κ1) is 19.3. The number of rotatable bonds is 7. The van der Waals surface area contributed by atoms with E-state index in [-0.39, 0.29) is 11.8 Å². The summed E-state index contributed by atoms with van der Waals surface area (Å²) in [7, 11) is 0. The lowest BCUT2D eigenvalue weighted by molar-refractivity contribution is 0.120. The first-order valence-corrected chi connectivity index (χ1v) is 9.84. The second kappa shape index (κ2) is 8.99. The SMILES string of the molecule is N#Cc1nc(-c2ccc(OCc3ccccc3Cl)cc2)oc1NC[C@H]1CCCO1. The molecule has 0 spiro atoms.